The van der Waals surface area contributed by atoms with Crippen molar-refractivity contribution >= 4 is 0 Å². The second-order valence-corrected chi connectivity index (χ2v) is 3.35. The molecule has 0 saturated carbocycles. The molecule has 0 aromatic carbocycles. The molecule has 0 unspecified atom stereocenters. The third-order valence-corrected chi connectivity index (χ3v) is 2.05. The first kappa shape index (κ1) is 9.85. The molecule has 6 nitrogen and oxygen atoms in total. The van der Waals surface area contributed by atoms with Crippen LogP contribution in [0.2, 0.25) is 0 Å². The van der Waals surface area contributed by atoms with Crippen molar-refractivity contribution in [2.24, 2.45) is 7.05 Å². The van der Waals surface area contributed by atoms with Gasteiger partial charge in [0.15, 0.2) is 0 Å². The minimum Gasteiger partial charge on any atom is -0.349 e. The van der Waals surface area contributed by atoms with Gasteiger partial charge in [0.1, 0.15) is 5.82 Å². The molecular formula is C9H14N6. The van der Waals surface area contributed by atoms with Gasteiger partial charge in [0, 0.05) is 45.1 Å². The number of rotatable bonds is 5. The minimum atomic E-state index is 0.745. The van der Waals surface area contributed by atoms with Gasteiger partial charge in [-0.05, 0) is 0 Å². The summed E-state index contributed by atoms with van der Waals surface area (Å²) in [6.07, 6.45) is 6.39. The second kappa shape index (κ2) is 4.70. The van der Waals surface area contributed by atoms with Crippen LogP contribution in [-0.2, 0) is 20.0 Å². The van der Waals surface area contributed by atoms with Gasteiger partial charge in [0.05, 0.1) is 5.69 Å². The van der Waals surface area contributed by atoms with E-state index in [9.17, 15) is 0 Å². The number of hydrogen-bond acceptors (Lipinski definition) is 4. The largest absolute Gasteiger partial charge is 0.349 e. The van der Waals surface area contributed by atoms with Gasteiger partial charge in [0.2, 0.25) is 0 Å². The summed E-state index contributed by atoms with van der Waals surface area (Å²) >= 11 is 0. The fourth-order valence-corrected chi connectivity index (χ4v) is 1.33. The fraction of sp³-hybridized carbons (Fsp3) is 0.444. The van der Waals surface area contributed by atoms with Crippen LogP contribution in [-0.4, -0.2) is 31.5 Å². The van der Waals surface area contributed by atoms with Gasteiger partial charge in [-0.2, -0.15) is 0 Å². The molecule has 15 heavy (non-hydrogen) atoms. The summed E-state index contributed by atoms with van der Waals surface area (Å²) in [5.41, 5.74) is 0.956. The summed E-state index contributed by atoms with van der Waals surface area (Å²) in [5, 5.41) is 11.1. The van der Waals surface area contributed by atoms with Crippen LogP contribution in [0.4, 0.5) is 0 Å². The fourth-order valence-electron chi connectivity index (χ4n) is 1.33. The van der Waals surface area contributed by atoms with E-state index in [4.69, 9.17) is 0 Å². The second-order valence-electron chi connectivity index (χ2n) is 3.35. The van der Waals surface area contributed by atoms with E-state index in [1.165, 1.54) is 0 Å². The van der Waals surface area contributed by atoms with Crippen molar-refractivity contribution < 1.29 is 0 Å². The van der Waals surface area contributed by atoms with Crippen molar-refractivity contribution in [2.75, 3.05) is 6.54 Å². The molecule has 0 saturated heterocycles. The molecule has 2 rings (SSSR count). The molecule has 0 radical (unpaired) electrons. The van der Waals surface area contributed by atoms with Gasteiger partial charge < -0.3 is 10.3 Å². The maximum atomic E-state index is 4.14. The van der Waals surface area contributed by atoms with Gasteiger partial charge >= 0.3 is 0 Å². The lowest BCUT2D eigenvalue weighted by Gasteiger charge is -1.99. The van der Waals surface area contributed by atoms with Gasteiger partial charge in [0.25, 0.3) is 0 Å². The van der Waals surface area contributed by atoms with Crippen molar-refractivity contribution in [1.29, 1.82) is 0 Å². The Morgan fingerprint density at radius 1 is 1.53 bits per heavy atom. The predicted molar refractivity (Wildman–Crippen MR) is 55.0 cm³/mol. The first-order chi connectivity index (χ1) is 7.34. The number of hydrogen-bond donors (Lipinski definition) is 2. The third kappa shape index (κ3) is 2.88. The SMILES string of the molecule is Cn1cc(CNCCc2ncc[nH]2)nn1. The van der Waals surface area contributed by atoms with Gasteiger partial charge in [-0.15, -0.1) is 5.10 Å². The lowest BCUT2D eigenvalue weighted by molar-refractivity contribution is 0.660. The van der Waals surface area contributed by atoms with Gasteiger partial charge in [-0.25, -0.2) is 4.98 Å². The molecule has 2 aromatic heterocycles. The van der Waals surface area contributed by atoms with E-state index in [0.29, 0.717) is 0 Å². The van der Waals surface area contributed by atoms with Crippen LogP contribution >= 0.6 is 0 Å². The summed E-state index contributed by atoms with van der Waals surface area (Å²) in [6, 6.07) is 0. The zero-order chi connectivity index (χ0) is 10.5. The van der Waals surface area contributed by atoms with Crippen molar-refractivity contribution in [3.63, 3.8) is 0 Å². The molecule has 0 aliphatic carbocycles. The zero-order valence-electron chi connectivity index (χ0n) is 8.64. The van der Waals surface area contributed by atoms with E-state index < -0.39 is 0 Å². The summed E-state index contributed by atoms with van der Waals surface area (Å²) in [7, 11) is 1.86. The van der Waals surface area contributed by atoms with E-state index in [2.05, 4.69) is 25.6 Å². The Kier molecular flexibility index (Phi) is 3.08. The van der Waals surface area contributed by atoms with Crippen LogP contribution < -0.4 is 5.32 Å². The monoisotopic (exact) mass is 206 g/mol. The summed E-state index contributed by atoms with van der Waals surface area (Å²) in [6.45, 7) is 1.62. The van der Waals surface area contributed by atoms with Crippen molar-refractivity contribution in [3.8, 4) is 0 Å². The van der Waals surface area contributed by atoms with Crippen LogP contribution in [0.3, 0.4) is 0 Å². The first-order valence-electron chi connectivity index (χ1n) is 4.89. The molecule has 2 heterocycles. The van der Waals surface area contributed by atoms with Crippen LogP contribution in [0.25, 0.3) is 0 Å². The lowest BCUT2D eigenvalue weighted by atomic mass is 10.4. The summed E-state index contributed by atoms with van der Waals surface area (Å²) in [4.78, 5) is 7.19. The van der Waals surface area contributed by atoms with Crippen LogP contribution in [0.1, 0.15) is 11.5 Å². The molecule has 0 aliphatic rings. The number of H-pyrrole nitrogens is 1. The molecule has 0 bridgehead atoms. The highest BCUT2D eigenvalue weighted by Crippen LogP contribution is 1.91. The number of imidazole rings is 1. The minimum absolute atomic E-state index is 0.745. The highest BCUT2D eigenvalue weighted by molar-refractivity contribution is 4.92. The number of aromatic amines is 1. The van der Waals surface area contributed by atoms with E-state index in [0.717, 1.165) is 31.0 Å². The predicted octanol–water partition coefficient (Wildman–Crippen LogP) is -0.130. The number of nitrogens with one attached hydrogen (secondary N) is 2. The smallest absolute Gasteiger partial charge is 0.107 e. The highest BCUT2D eigenvalue weighted by Gasteiger charge is 1.98. The van der Waals surface area contributed by atoms with E-state index in [1.807, 2.05) is 19.4 Å². The summed E-state index contributed by atoms with van der Waals surface area (Å²) < 4.78 is 1.70. The first-order valence-corrected chi connectivity index (χ1v) is 4.89. The van der Waals surface area contributed by atoms with Crippen molar-refractivity contribution in [3.05, 3.63) is 30.1 Å². The molecule has 0 aliphatic heterocycles. The molecule has 0 fully saturated rings. The molecule has 6 heteroatoms. The molecule has 2 N–H and O–H groups in total. The van der Waals surface area contributed by atoms with E-state index in [-0.39, 0.29) is 0 Å². The van der Waals surface area contributed by atoms with E-state index in [1.54, 1.807) is 10.9 Å². The highest BCUT2D eigenvalue weighted by atomic mass is 15.4. The molecule has 0 amide bonds. The standard InChI is InChI=1S/C9H14N6/c1-15-7-8(13-14-15)6-10-3-2-9-11-4-5-12-9/h4-5,7,10H,2-3,6H2,1H3,(H,11,12). The Balaban J connectivity index is 1.67. The van der Waals surface area contributed by atoms with Crippen LogP contribution in [0, 0.1) is 0 Å². The van der Waals surface area contributed by atoms with E-state index >= 15 is 0 Å². The Morgan fingerprint density at radius 2 is 2.47 bits per heavy atom. The molecule has 80 valence electrons. The van der Waals surface area contributed by atoms with Crippen molar-refractivity contribution in [2.45, 2.75) is 13.0 Å². The molecule has 2 aromatic rings. The van der Waals surface area contributed by atoms with Crippen LogP contribution in [0.5, 0.6) is 0 Å². The average Bonchev–Trinajstić information content (AvgIpc) is 2.84. The number of nitrogens with zero attached hydrogens (tertiary/aromatic N) is 4. The quantitative estimate of drug-likeness (QED) is 0.668. The number of aromatic nitrogens is 5. The normalized spacial score (nSPS) is 10.7. The maximum Gasteiger partial charge on any atom is 0.107 e. The molecule has 0 atom stereocenters. The Morgan fingerprint density at radius 3 is 3.13 bits per heavy atom. The lowest BCUT2D eigenvalue weighted by Crippen LogP contribution is -2.17. The van der Waals surface area contributed by atoms with Gasteiger partial charge in [-0.1, -0.05) is 5.21 Å². The van der Waals surface area contributed by atoms with Gasteiger partial charge in [-0.3, -0.25) is 4.68 Å². The molecule has 0 spiro atoms. The van der Waals surface area contributed by atoms with Crippen LogP contribution in [0.15, 0.2) is 18.6 Å². The molecular weight excluding hydrogens is 192 g/mol. The topological polar surface area (TPSA) is 71.4 Å². The summed E-state index contributed by atoms with van der Waals surface area (Å²) in [5.74, 6) is 1.00. The van der Waals surface area contributed by atoms with Crippen molar-refractivity contribution in [1.82, 2.24) is 30.3 Å². The number of aryl methyl sites for hydroxylation is 1. The Labute approximate surface area is 87.7 Å². The average molecular weight is 206 g/mol. The Bertz CT molecular complexity index is 390. The Hall–Kier alpha value is -1.69. The zero-order valence-corrected chi connectivity index (χ0v) is 8.64. The maximum absolute atomic E-state index is 4.14. The third-order valence-electron chi connectivity index (χ3n) is 2.05.